The first-order valence-electron chi connectivity index (χ1n) is 7.93. The van der Waals surface area contributed by atoms with Crippen LogP contribution in [0.25, 0.3) is 0 Å². The molecule has 20 heavy (non-hydrogen) atoms. The lowest BCUT2D eigenvalue weighted by atomic mass is 10.0. The topological polar surface area (TPSA) is 61.4 Å². The van der Waals surface area contributed by atoms with Crippen molar-refractivity contribution in [2.45, 2.75) is 51.5 Å². The Morgan fingerprint density at radius 1 is 1.30 bits per heavy atom. The van der Waals surface area contributed by atoms with Gasteiger partial charge in [0, 0.05) is 32.1 Å². The summed E-state index contributed by atoms with van der Waals surface area (Å²) in [7, 11) is 0. The van der Waals surface area contributed by atoms with Crippen LogP contribution < -0.4 is 10.6 Å². The van der Waals surface area contributed by atoms with Gasteiger partial charge >= 0.3 is 0 Å². The van der Waals surface area contributed by atoms with Crippen LogP contribution in [0.3, 0.4) is 0 Å². The van der Waals surface area contributed by atoms with E-state index < -0.39 is 0 Å². The molecule has 1 atom stereocenters. The Hall–Kier alpha value is -1.10. The summed E-state index contributed by atoms with van der Waals surface area (Å²) in [5.74, 6) is 0.783. The number of nitrogens with zero attached hydrogens (tertiary/aromatic N) is 1. The summed E-state index contributed by atoms with van der Waals surface area (Å²) in [5.41, 5.74) is 0. The van der Waals surface area contributed by atoms with E-state index in [-0.39, 0.29) is 24.4 Å². The number of rotatable bonds is 5. The molecule has 0 aromatic rings. The maximum Gasteiger partial charge on any atom is 0.242 e. The molecular weight excluding hydrogens is 254 g/mol. The molecule has 1 unspecified atom stereocenters. The molecule has 1 aliphatic carbocycles. The zero-order chi connectivity index (χ0) is 14.4. The summed E-state index contributed by atoms with van der Waals surface area (Å²) in [6.45, 7) is 4.59. The van der Waals surface area contributed by atoms with Gasteiger partial charge < -0.3 is 15.5 Å². The van der Waals surface area contributed by atoms with Gasteiger partial charge in [0.1, 0.15) is 0 Å². The highest BCUT2D eigenvalue weighted by Crippen LogP contribution is 2.28. The Morgan fingerprint density at radius 3 is 2.75 bits per heavy atom. The largest absolute Gasteiger partial charge is 0.347 e. The molecule has 5 heteroatoms. The molecule has 1 saturated heterocycles. The van der Waals surface area contributed by atoms with Gasteiger partial charge in [-0.1, -0.05) is 25.7 Å². The van der Waals surface area contributed by atoms with Crippen LogP contribution in [0.5, 0.6) is 0 Å². The van der Waals surface area contributed by atoms with Gasteiger partial charge in [-0.25, -0.2) is 0 Å². The fourth-order valence-electron chi connectivity index (χ4n) is 3.21. The van der Waals surface area contributed by atoms with Crippen molar-refractivity contribution in [3.63, 3.8) is 0 Å². The summed E-state index contributed by atoms with van der Waals surface area (Å²) >= 11 is 0. The van der Waals surface area contributed by atoms with Crippen molar-refractivity contribution >= 4 is 11.8 Å². The van der Waals surface area contributed by atoms with Crippen molar-refractivity contribution in [1.82, 2.24) is 15.5 Å². The first-order valence-corrected chi connectivity index (χ1v) is 7.93. The van der Waals surface area contributed by atoms with Gasteiger partial charge in [0.25, 0.3) is 0 Å². The molecule has 1 saturated carbocycles. The number of hydrogen-bond acceptors (Lipinski definition) is 3. The molecule has 2 N–H and O–H groups in total. The van der Waals surface area contributed by atoms with Gasteiger partial charge in [0.05, 0.1) is 6.54 Å². The summed E-state index contributed by atoms with van der Waals surface area (Å²) in [4.78, 5) is 25.7. The molecular formula is C15H27N3O2. The second-order valence-corrected chi connectivity index (χ2v) is 6.11. The molecule has 1 aliphatic heterocycles. The fourth-order valence-corrected chi connectivity index (χ4v) is 3.21. The van der Waals surface area contributed by atoms with Gasteiger partial charge in [-0.2, -0.15) is 0 Å². The van der Waals surface area contributed by atoms with Crippen molar-refractivity contribution in [2.75, 3.05) is 26.2 Å². The molecule has 0 aromatic carbocycles. The molecule has 2 amide bonds. The van der Waals surface area contributed by atoms with E-state index in [9.17, 15) is 9.59 Å². The molecule has 2 fully saturated rings. The van der Waals surface area contributed by atoms with Crippen LogP contribution in [-0.4, -0.2) is 48.9 Å². The zero-order valence-electron chi connectivity index (χ0n) is 12.5. The molecule has 0 aromatic heterocycles. The summed E-state index contributed by atoms with van der Waals surface area (Å²) in [6.07, 6.45) is 6.70. The average Bonchev–Trinajstić information content (AvgIpc) is 2.96. The highest BCUT2D eigenvalue weighted by Gasteiger charge is 2.23. The standard InChI is InChI=1S/C15H27N3O2/c1-12-10-16-8-9-18(12)15(20)11-17-14(19)7-6-13-4-2-3-5-13/h12-13,16H,2-11H2,1H3,(H,17,19). The predicted octanol–water partition coefficient (Wildman–Crippen LogP) is 0.893. The second-order valence-electron chi connectivity index (χ2n) is 6.11. The predicted molar refractivity (Wildman–Crippen MR) is 78.2 cm³/mol. The molecule has 114 valence electrons. The SMILES string of the molecule is CC1CNCCN1C(=O)CNC(=O)CCC1CCCC1. The summed E-state index contributed by atoms with van der Waals surface area (Å²) in [5, 5.41) is 6.03. The van der Waals surface area contributed by atoms with Crippen LogP contribution >= 0.6 is 0 Å². The second kappa shape index (κ2) is 7.62. The van der Waals surface area contributed by atoms with Gasteiger partial charge in [0.15, 0.2) is 0 Å². The van der Waals surface area contributed by atoms with E-state index in [2.05, 4.69) is 10.6 Å². The van der Waals surface area contributed by atoms with E-state index >= 15 is 0 Å². The Bertz CT molecular complexity index is 340. The third-order valence-corrected chi connectivity index (χ3v) is 4.51. The fraction of sp³-hybridized carbons (Fsp3) is 0.867. The average molecular weight is 281 g/mol. The van der Waals surface area contributed by atoms with Crippen molar-refractivity contribution in [3.8, 4) is 0 Å². The van der Waals surface area contributed by atoms with Gasteiger partial charge in [-0.3, -0.25) is 9.59 Å². The lowest BCUT2D eigenvalue weighted by molar-refractivity contribution is -0.135. The molecule has 1 heterocycles. The molecule has 0 spiro atoms. The number of amides is 2. The van der Waals surface area contributed by atoms with E-state index in [0.717, 1.165) is 32.0 Å². The third-order valence-electron chi connectivity index (χ3n) is 4.51. The molecule has 2 rings (SSSR count). The van der Waals surface area contributed by atoms with Crippen molar-refractivity contribution in [3.05, 3.63) is 0 Å². The molecule has 2 aliphatic rings. The Kier molecular flexibility index (Phi) is 5.83. The van der Waals surface area contributed by atoms with Crippen molar-refractivity contribution < 1.29 is 9.59 Å². The van der Waals surface area contributed by atoms with Crippen LogP contribution in [0.15, 0.2) is 0 Å². The van der Waals surface area contributed by atoms with E-state index in [4.69, 9.17) is 0 Å². The van der Waals surface area contributed by atoms with Crippen molar-refractivity contribution in [1.29, 1.82) is 0 Å². The van der Waals surface area contributed by atoms with Crippen LogP contribution in [0, 0.1) is 5.92 Å². The first-order chi connectivity index (χ1) is 9.66. The summed E-state index contributed by atoms with van der Waals surface area (Å²) in [6, 6.07) is 0.214. The van der Waals surface area contributed by atoms with E-state index in [0.29, 0.717) is 6.42 Å². The number of carbonyl (C=O) groups excluding carboxylic acids is 2. The quantitative estimate of drug-likeness (QED) is 0.787. The number of piperazine rings is 1. The molecule has 5 nitrogen and oxygen atoms in total. The Morgan fingerprint density at radius 2 is 2.05 bits per heavy atom. The smallest absolute Gasteiger partial charge is 0.242 e. The Balaban J connectivity index is 1.63. The number of carbonyl (C=O) groups is 2. The minimum Gasteiger partial charge on any atom is -0.347 e. The van der Waals surface area contributed by atoms with Gasteiger partial charge in [-0.05, 0) is 19.3 Å². The van der Waals surface area contributed by atoms with E-state index in [1.807, 2.05) is 11.8 Å². The summed E-state index contributed by atoms with van der Waals surface area (Å²) < 4.78 is 0. The minimum atomic E-state index is 0.0213. The molecule has 0 bridgehead atoms. The normalized spacial score (nSPS) is 23.9. The zero-order valence-corrected chi connectivity index (χ0v) is 12.5. The van der Waals surface area contributed by atoms with Crippen LogP contribution in [-0.2, 0) is 9.59 Å². The maximum atomic E-state index is 12.1. The maximum absolute atomic E-state index is 12.1. The van der Waals surface area contributed by atoms with E-state index in [1.165, 1.54) is 25.7 Å². The Labute approximate surface area is 121 Å². The van der Waals surface area contributed by atoms with Crippen LogP contribution in [0.2, 0.25) is 0 Å². The third kappa shape index (κ3) is 4.47. The van der Waals surface area contributed by atoms with Crippen LogP contribution in [0.1, 0.15) is 45.4 Å². The lowest BCUT2D eigenvalue weighted by Gasteiger charge is -2.34. The molecule has 0 radical (unpaired) electrons. The van der Waals surface area contributed by atoms with Crippen LogP contribution in [0.4, 0.5) is 0 Å². The van der Waals surface area contributed by atoms with Crippen molar-refractivity contribution in [2.24, 2.45) is 5.92 Å². The monoisotopic (exact) mass is 281 g/mol. The number of nitrogens with one attached hydrogen (secondary N) is 2. The highest BCUT2D eigenvalue weighted by molar-refractivity contribution is 5.84. The van der Waals surface area contributed by atoms with E-state index in [1.54, 1.807) is 0 Å². The lowest BCUT2D eigenvalue weighted by Crippen LogP contribution is -2.54. The minimum absolute atomic E-state index is 0.0213. The highest BCUT2D eigenvalue weighted by atomic mass is 16.2. The first kappa shape index (κ1) is 15.3. The number of hydrogen-bond donors (Lipinski definition) is 2. The van der Waals surface area contributed by atoms with Gasteiger partial charge in [-0.15, -0.1) is 0 Å². The van der Waals surface area contributed by atoms with Gasteiger partial charge in [0.2, 0.25) is 11.8 Å².